The van der Waals surface area contributed by atoms with Crippen LogP contribution in [0.3, 0.4) is 0 Å². The van der Waals surface area contributed by atoms with Gasteiger partial charge in [-0.3, -0.25) is 0 Å². The Bertz CT molecular complexity index is 341. The number of ether oxygens (including phenoxy) is 2. The molecule has 1 aliphatic carbocycles. The van der Waals surface area contributed by atoms with Gasteiger partial charge in [-0.1, -0.05) is 19.1 Å². The average Bonchev–Trinajstić information content (AvgIpc) is 2.79. The third kappa shape index (κ3) is 2.37. The van der Waals surface area contributed by atoms with E-state index in [0.29, 0.717) is 19.6 Å². The van der Waals surface area contributed by atoms with E-state index in [2.05, 4.69) is 6.58 Å². The molecule has 0 aromatic carbocycles. The second-order valence-electron chi connectivity index (χ2n) is 5.01. The zero-order valence-electron chi connectivity index (χ0n) is 10.2. The average molecular weight is 237 g/mol. The number of hydrogen-bond acceptors (Lipinski definition) is 4. The van der Waals surface area contributed by atoms with Crippen molar-refractivity contribution in [2.24, 2.45) is 11.8 Å². The molecule has 4 nitrogen and oxygen atoms in total. The summed E-state index contributed by atoms with van der Waals surface area (Å²) in [6, 6.07) is 1.89. The molecule has 4 heteroatoms. The lowest BCUT2D eigenvalue weighted by Gasteiger charge is -2.40. The molecule has 2 unspecified atom stereocenters. The van der Waals surface area contributed by atoms with Crippen LogP contribution in [-0.2, 0) is 9.47 Å². The van der Waals surface area contributed by atoms with E-state index < -0.39 is 11.9 Å². The highest BCUT2D eigenvalue weighted by Crippen LogP contribution is 2.44. The molecule has 2 aliphatic rings. The predicted octanol–water partition coefficient (Wildman–Crippen LogP) is 1.61. The highest BCUT2D eigenvalue weighted by molar-refractivity contribution is 5.11. The van der Waals surface area contributed by atoms with E-state index in [0.717, 1.165) is 18.4 Å². The monoisotopic (exact) mass is 237 g/mol. The van der Waals surface area contributed by atoms with Crippen LogP contribution in [0.2, 0.25) is 0 Å². The highest BCUT2D eigenvalue weighted by Gasteiger charge is 2.45. The van der Waals surface area contributed by atoms with Gasteiger partial charge in [0.05, 0.1) is 19.3 Å². The molecule has 17 heavy (non-hydrogen) atoms. The van der Waals surface area contributed by atoms with Crippen molar-refractivity contribution in [1.82, 2.24) is 0 Å². The van der Waals surface area contributed by atoms with Gasteiger partial charge in [-0.25, -0.2) is 0 Å². The Kier molecular flexibility index (Phi) is 3.53. The van der Waals surface area contributed by atoms with E-state index in [9.17, 15) is 5.11 Å². The summed E-state index contributed by atoms with van der Waals surface area (Å²) in [6.45, 7) is 7.21. The quantitative estimate of drug-likeness (QED) is 0.585. The topological polar surface area (TPSA) is 62.5 Å². The standard InChI is InChI=1S/C13H19NO3/c1-9-3-4-13(16-5-6-17-13)7-11(9)10(2)12(15)8-14/h10-12,15H,1,3-7H2,2H3/t10-,11?,12?/m0/s1. The lowest BCUT2D eigenvalue weighted by molar-refractivity contribution is -0.184. The van der Waals surface area contributed by atoms with Crippen LogP contribution in [0.1, 0.15) is 26.2 Å². The number of aliphatic hydroxyl groups excluding tert-OH is 1. The first-order valence-electron chi connectivity index (χ1n) is 6.11. The molecule has 1 heterocycles. The van der Waals surface area contributed by atoms with Crippen LogP contribution in [0, 0.1) is 23.2 Å². The van der Waals surface area contributed by atoms with Crippen LogP contribution in [-0.4, -0.2) is 30.2 Å². The van der Waals surface area contributed by atoms with Crippen LogP contribution in [0.15, 0.2) is 12.2 Å². The summed E-state index contributed by atoms with van der Waals surface area (Å²) >= 11 is 0. The molecule has 1 N–H and O–H groups in total. The van der Waals surface area contributed by atoms with Crippen molar-refractivity contribution < 1.29 is 14.6 Å². The van der Waals surface area contributed by atoms with Crippen molar-refractivity contribution in [2.45, 2.75) is 38.1 Å². The van der Waals surface area contributed by atoms with Gasteiger partial charge in [-0.15, -0.1) is 0 Å². The van der Waals surface area contributed by atoms with Crippen molar-refractivity contribution in [2.75, 3.05) is 13.2 Å². The van der Waals surface area contributed by atoms with Crippen LogP contribution in [0.4, 0.5) is 0 Å². The van der Waals surface area contributed by atoms with Gasteiger partial charge in [0.15, 0.2) is 5.79 Å². The van der Waals surface area contributed by atoms with Gasteiger partial charge in [-0.2, -0.15) is 5.26 Å². The lowest BCUT2D eigenvalue weighted by Crippen LogP contribution is -2.41. The van der Waals surface area contributed by atoms with Crippen LogP contribution in [0.25, 0.3) is 0 Å². The third-order valence-corrected chi connectivity index (χ3v) is 3.96. The molecule has 1 saturated heterocycles. The highest BCUT2D eigenvalue weighted by atomic mass is 16.7. The maximum atomic E-state index is 9.64. The molecule has 0 bridgehead atoms. The van der Waals surface area contributed by atoms with Crippen LogP contribution in [0.5, 0.6) is 0 Å². The second kappa shape index (κ2) is 4.77. The Morgan fingerprint density at radius 1 is 1.53 bits per heavy atom. The Morgan fingerprint density at radius 3 is 2.76 bits per heavy atom. The van der Waals surface area contributed by atoms with Crippen molar-refractivity contribution in [3.8, 4) is 6.07 Å². The van der Waals surface area contributed by atoms with E-state index in [1.54, 1.807) is 0 Å². The minimum Gasteiger partial charge on any atom is -0.378 e. The summed E-state index contributed by atoms with van der Waals surface area (Å²) in [5.41, 5.74) is 1.09. The second-order valence-corrected chi connectivity index (χ2v) is 5.01. The first kappa shape index (κ1) is 12.6. The van der Waals surface area contributed by atoms with Gasteiger partial charge in [0.2, 0.25) is 0 Å². The van der Waals surface area contributed by atoms with E-state index in [1.807, 2.05) is 13.0 Å². The zero-order valence-corrected chi connectivity index (χ0v) is 10.2. The molecule has 0 radical (unpaired) electrons. The first-order valence-corrected chi connectivity index (χ1v) is 6.11. The van der Waals surface area contributed by atoms with Crippen molar-refractivity contribution >= 4 is 0 Å². The number of nitrogens with zero attached hydrogens (tertiary/aromatic N) is 1. The molecule has 0 aromatic heterocycles. The smallest absolute Gasteiger partial charge is 0.169 e. The number of rotatable bonds is 2. The van der Waals surface area contributed by atoms with Crippen molar-refractivity contribution in [1.29, 1.82) is 5.26 Å². The molecular formula is C13H19NO3. The van der Waals surface area contributed by atoms with Gasteiger partial charge in [0, 0.05) is 18.8 Å². The molecule has 1 spiro atoms. The van der Waals surface area contributed by atoms with E-state index in [4.69, 9.17) is 14.7 Å². The Morgan fingerprint density at radius 2 is 2.18 bits per heavy atom. The van der Waals surface area contributed by atoms with Crippen molar-refractivity contribution in [3.63, 3.8) is 0 Å². The summed E-state index contributed by atoms with van der Waals surface area (Å²) in [4.78, 5) is 0. The first-order chi connectivity index (χ1) is 8.08. The van der Waals surface area contributed by atoms with Gasteiger partial charge < -0.3 is 14.6 Å². The molecule has 2 fully saturated rings. The van der Waals surface area contributed by atoms with Gasteiger partial charge in [0.25, 0.3) is 0 Å². The van der Waals surface area contributed by atoms with Gasteiger partial charge in [-0.05, 0) is 12.3 Å². The predicted molar refractivity (Wildman–Crippen MR) is 61.9 cm³/mol. The largest absolute Gasteiger partial charge is 0.378 e. The summed E-state index contributed by atoms with van der Waals surface area (Å²) in [5, 5.41) is 18.4. The van der Waals surface area contributed by atoms with E-state index in [-0.39, 0.29) is 11.8 Å². The minimum absolute atomic E-state index is 0.0940. The van der Waals surface area contributed by atoms with Crippen molar-refractivity contribution in [3.05, 3.63) is 12.2 Å². The molecule has 0 amide bonds. The Hall–Kier alpha value is -0.890. The summed E-state index contributed by atoms with van der Waals surface area (Å²) in [7, 11) is 0. The maximum absolute atomic E-state index is 9.64. The zero-order chi connectivity index (χ0) is 12.5. The number of hydrogen-bond donors (Lipinski definition) is 1. The SMILES string of the molecule is C=C1CCC2(CC1[C@H](C)C(O)C#N)OCCO2. The molecule has 1 saturated carbocycles. The summed E-state index contributed by atoms with van der Waals surface area (Å²) in [5.74, 6) is -0.524. The van der Waals surface area contributed by atoms with Gasteiger partial charge >= 0.3 is 0 Å². The number of nitriles is 1. The molecule has 1 aliphatic heterocycles. The molecule has 2 rings (SSSR count). The molecule has 94 valence electrons. The minimum atomic E-state index is -0.951. The fraction of sp³-hybridized carbons (Fsp3) is 0.769. The maximum Gasteiger partial charge on any atom is 0.169 e. The fourth-order valence-electron chi connectivity index (χ4n) is 2.77. The van der Waals surface area contributed by atoms with Crippen LogP contribution >= 0.6 is 0 Å². The summed E-state index contributed by atoms with van der Waals surface area (Å²) < 4.78 is 11.4. The number of allylic oxidation sites excluding steroid dienone is 1. The molecular weight excluding hydrogens is 218 g/mol. The lowest BCUT2D eigenvalue weighted by atomic mass is 9.73. The normalized spacial score (nSPS) is 31.1. The fourth-order valence-corrected chi connectivity index (χ4v) is 2.77. The van der Waals surface area contributed by atoms with E-state index in [1.165, 1.54) is 0 Å². The van der Waals surface area contributed by atoms with Gasteiger partial charge in [0.1, 0.15) is 6.10 Å². The summed E-state index contributed by atoms with van der Waals surface area (Å²) in [6.07, 6.45) is 1.42. The molecule has 0 aromatic rings. The Labute approximate surface area is 102 Å². The Balaban J connectivity index is 2.10. The van der Waals surface area contributed by atoms with E-state index >= 15 is 0 Å². The molecule has 3 atom stereocenters. The number of aliphatic hydroxyl groups is 1. The third-order valence-electron chi connectivity index (χ3n) is 3.96. The van der Waals surface area contributed by atoms with Crippen LogP contribution < -0.4 is 0 Å².